The van der Waals surface area contributed by atoms with Crippen molar-refractivity contribution in [1.29, 1.82) is 0 Å². The van der Waals surface area contributed by atoms with Gasteiger partial charge in [0.05, 0.1) is 5.25 Å². The molecule has 1 unspecified atom stereocenters. The molecule has 0 aliphatic heterocycles. The molecule has 0 saturated heterocycles. The molecule has 3 rings (SSSR count). The molecule has 0 bridgehead atoms. The van der Waals surface area contributed by atoms with E-state index in [9.17, 15) is 4.79 Å². The summed E-state index contributed by atoms with van der Waals surface area (Å²) < 4.78 is 2.02. The Morgan fingerprint density at radius 2 is 1.97 bits per heavy atom. The maximum Gasteiger partial charge on any atom is 0.236 e. The third-order valence-electron chi connectivity index (χ3n) is 4.84. The number of hydrogen-bond donors (Lipinski definition) is 0. The second kappa shape index (κ2) is 10.3. The van der Waals surface area contributed by atoms with Crippen LogP contribution in [0.4, 0.5) is 0 Å². The number of aromatic nitrogens is 3. The first-order valence-electron chi connectivity index (χ1n) is 10.1. The molecule has 2 aromatic carbocycles. The Morgan fingerprint density at radius 1 is 1.20 bits per heavy atom. The lowest BCUT2D eigenvalue weighted by Gasteiger charge is -2.24. The Bertz CT molecular complexity index is 999. The number of carbonyl (C=O) groups is 1. The van der Waals surface area contributed by atoms with Crippen LogP contribution in [0.2, 0.25) is 0 Å². The van der Waals surface area contributed by atoms with Gasteiger partial charge in [0.25, 0.3) is 0 Å². The predicted molar refractivity (Wildman–Crippen MR) is 123 cm³/mol. The van der Waals surface area contributed by atoms with E-state index in [2.05, 4.69) is 35.8 Å². The third kappa shape index (κ3) is 5.19. The summed E-state index contributed by atoms with van der Waals surface area (Å²) in [6.07, 6.45) is 1.83. The van der Waals surface area contributed by atoms with E-state index >= 15 is 0 Å². The molecule has 30 heavy (non-hydrogen) atoms. The standard InChI is InChI=1S/C24H28N4OS/c1-5-15-28-22(21-14-10-11-18(3)16-21)25-26-24(28)30-19(4)23(29)27(6-2)17-20-12-8-7-9-13-20/h5,7-14,16,19H,1,6,15,17H2,2-4H3. The van der Waals surface area contributed by atoms with Gasteiger partial charge in [-0.1, -0.05) is 71.9 Å². The number of amides is 1. The first kappa shape index (κ1) is 21.8. The molecule has 1 atom stereocenters. The monoisotopic (exact) mass is 420 g/mol. The minimum absolute atomic E-state index is 0.0941. The van der Waals surface area contributed by atoms with Crippen molar-refractivity contribution in [1.82, 2.24) is 19.7 Å². The Labute approximate surface area is 182 Å². The summed E-state index contributed by atoms with van der Waals surface area (Å²) in [4.78, 5) is 15.0. The Hall–Kier alpha value is -2.86. The van der Waals surface area contributed by atoms with Crippen LogP contribution >= 0.6 is 11.8 Å². The minimum atomic E-state index is -0.271. The lowest BCUT2D eigenvalue weighted by molar-refractivity contribution is -0.130. The molecular weight excluding hydrogens is 392 g/mol. The van der Waals surface area contributed by atoms with Gasteiger partial charge in [-0.25, -0.2) is 0 Å². The molecule has 0 fully saturated rings. The molecule has 6 heteroatoms. The van der Waals surface area contributed by atoms with E-state index in [-0.39, 0.29) is 11.2 Å². The summed E-state index contributed by atoms with van der Waals surface area (Å²) in [6, 6.07) is 18.2. The van der Waals surface area contributed by atoms with Crippen LogP contribution in [-0.2, 0) is 17.9 Å². The number of allylic oxidation sites excluding steroid dienone is 1. The highest BCUT2D eigenvalue weighted by molar-refractivity contribution is 8.00. The Balaban J connectivity index is 1.79. The summed E-state index contributed by atoms with van der Waals surface area (Å²) in [6.45, 7) is 11.7. The summed E-state index contributed by atoms with van der Waals surface area (Å²) >= 11 is 1.44. The zero-order valence-electron chi connectivity index (χ0n) is 17.8. The molecule has 0 radical (unpaired) electrons. The highest BCUT2D eigenvalue weighted by Gasteiger charge is 2.24. The van der Waals surface area contributed by atoms with Crippen LogP contribution < -0.4 is 0 Å². The van der Waals surface area contributed by atoms with Gasteiger partial charge in [0.15, 0.2) is 11.0 Å². The van der Waals surface area contributed by atoms with E-state index in [0.29, 0.717) is 19.6 Å². The SMILES string of the molecule is C=CCn1c(SC(C)C(=O)N(CC)Cc2ccccc2)nnc1-c1cccc(C)c1. The van der Waals surface area contributed by atoms with Crippen molar-refractivity contribution in [3.8, 4) is 11.4 Å². The molecule has 3 aromatic rings. The largest absolute Gasteiger partial charge is 0.338 e. The molecule has 0 N–H and O–H groups in total. The molecule has 0 spiro atoms. The predicted octanol–water partition coefficient (Wildman–Crippen LogP) is 4.97. The second-order valence-corrected chi connectivity index (χ2v) is 8.48. The third-order valence-corrected chi connectivity index (χ3v) is 5.91. The molecule has 1 aromatic heterocycles. The van der Waals surface area contributed by atoms with Crippen molar-refractivity contribution in [2.45, 2.75) is 44.3 Å². The van der Waals surface area contributed by atoms with Gasteiger partial charge in [0.1, 0.15) is 0 Å². The van der Waals surface area contributed by atoms with Crippen molar-refractivity contribution in [3.05, 3.63) is 78.4 Å². The van der Waals surface area contributed by atoms with Crippen molar-refractivity contribution >= 4 is 17.7 Å². The van der Waals surface area contributed by atoms with Crippen LogP contribution in [0.15, 0.2) is 72.4 Å². The summed E-state index contributed by atoms with van der Waals surface area (Å²) in [5.41, 5.74) is 3.30. The summed E-state index contributed by atoms with van der Waals surface area (Å²) in [5, 5.41) is 9.25. The van der Waals surface area contributed by atoms with Gasteiger partial charge in [-0.3, -0.25) is 9.36 Å². The number of carbonyl (C=O) groups excluding carboxylic acids is 1. The van der Waals surface area contributed by atoms with Crippen LogP contribution in [-0.4, -0.2) is 37.4 Å². The highest BCUT2D eigenvalue weighted by Crippen LogP contribution is 2.28. The average molecular weight is 421 g/mol. The number of benzene rings is 2. The van der Waals surface area contributed by atoms with Gasteiger partial charge in [-0.15, -0.1) is 16.8 Å². The van der Waals surface area contributed by atoms with Crippen molar-refractivity contribution in [2.24, 2.45) is 0 Å². The normalized spacial score (nSPS) is 11.8. The van der Waals surface area contributed by atoms with Gasteiger partial charge in [0, 0.05) is 25.2 Å². The minimum Gasteiger partial charge on any atom is -0.338 e. The van der Waals surface area contributed by atoms with Gasteiger partial charge in [-0.2, -0.15) is 0 Å². The smallest absolute Gasteiger partial charge is 0.236 e. The first-order valence-corrected chi connectivity index (χ1v) is 11.0. The van der Waals surface area contributed by atoms with Gasteiger partial charge in [0.2, 0.25) is 5.91 Å². The topological polar surface area (TPSA) is 51.0 Å². The van der Waals surface area contributed by atoms with Gasteiger partial charge in [-0.05, 0) is 32.4 Å². The Morgan fingerprint density at radius 3 is 2.63 bits per heavy atom. The van der Waals surface area contributed by atoms with E-state index in [1.807, 2.05) is 71.9 Å². The molecular formula is C24H28N4OS. The lowest BCUT2D eigenvalue weighted by Crippen LogP contribution is -2.36. The number of aryl methyl sites for hydroxylation is 1. The van der Waals surface area contributed by atoms with Crippen molar-refractivity contribution in [3.63, 3.8) is 0 Å². The van der Waals surface area contributed by atoms with Gasteiger partial charge < -0.3 is 4.90 Å². The number of hydrogen-bond acceptors (Lipinski definition) is 4. The molecule has 156 valence electrons. The zero-order chi connectivity index (χ0) is 21.5. The number of thioether (sulfide) groups is 1. The van der Waals surface area contributed by atoms with E-state index < -0.39 is 0 Å². The van der Waals surface area contributed by atoms with E-state index in [1.165, 1.54) is 11.8 Å². The van der Waals surface area contributed by atoms with Crippen molar-refractivity contribution < 1.29 is 4.79 Å². The number of rotatable bonds is 9. The summed E-state index contributed by atoms with van der Waals surface area (Å²) in [7, 11) is 0. The van der Waals surface area contributed by atoms with Crippen LogP contribution in [0.5, 0.6) is 0 Å². The average Bonchev–Trinajstić information content (AvgIpc) is 3.14. The van der Waals surface area contributed by atoms with Crippen LogP contribution in [0.3, 0.4) is 0 Å². The molecule has 1 amide bonds. The second-order valence-electron chi connectivity index (χ2n) is 7.17. The lowest BCUT2D eigenvalue weighted by atomic mass is 10.1. The quantitative estimate of drug-likeness (QED) is 0.362. The fourth-order valence-corrected chi connectivity index (χ4v) is 4.22. The van der Waals surface area contributed by atoms with E-state index in [1.54, 1.807) is 0 Å². The van der Waals surface area contributed by atoms with E-state index in [4.69, 9.17) is 0 Å². The maximum absolute atomic E-state index is 13.1. The summed E-state index contributed by atoms with van der Waals surface area (Å²) in [5.74, 6) is 0.883. The molecule has 0 aliphatic carbocycles. The Kier molecular flexibility index (Phi) is 7.46. The maximum atomic E-state index is 13.1. The van der Waals surface area contributed by atoms with Crippen LogP contribution in [0.25, 0.3) is 11.4 Å². The van der Waals surface area contributed by atoms with E-state index in [0.717, 1.165) is 27.7 Å². The van der Waals surface area contributed by atoms with Crippen molar-refractivity contribution in [2.75, 3.05) is 6.54 Å². The van der Waals surface area contributed by atoms with Crippen LogP contribution in [0, 0.1) is 6.92 Å². The zero-order valence-corrected chi connectivity index (χ0v) is 18.6. The highest BCUT2D eigenvalue weighted by atomic mass is 32.2. The first-order chi connectivity index (χ1) is 14.5. The molecule has 0 aliphatic rings. The molecule has 5 nitrogen and oxygen atoms in total. The number of nitrogens with zero attached hydrogens (tertiary/aromatic N) is 4. The molecule has 0 saturated carbocycles. The fourth-order valence-electron chi connectivity index (χ4n) is 3.28. The fraction of sp³-hybridized carbons (Fsp3) is 0.292. The van der Waals surface area contributed by atoms with Crippen LogP contribution in [0.1, 0.15) is 25.0 Å². The molecule has 1 heterocycles. The van der Waals surface area contributed by atoms with Gasteiger partial charge >= 0.3 is 0 Å².